The predicted molar refractivity (Wildman–Crippen MR) is 83.6 cm³/mol. The molecule has 0 aliphatic heterocycles. The average Bonchev–Trinajstić information content (AvgIpc) is 2.53. The average molecular weight is 360 g/mol. The highest BCUT2D eigenvalue weighted by Crippen LogP contribution is 2.31. The lowest BCUT2D eigenvalue weighted by molar-refractivity contribution is -0.137. The Morgan fingerprint density at radius 2 is 1.96 bits per heavy atom. The van der Waals surface area contributed by atoms with Crippen molar-refractivity contribution < 1.29 is 27.4 Å². The van der Waals surface area contributed by atoms with Crippen molar-refractivity contribution in [3.63, 3.8) is 0 Å². The highest BCUT2D eigenvalue weighted by atomic mass is 35.5. The van der Waals surface area contributed by atoms with Gasteiger partial charge in [0.1, 0.15) is 11.5 Å². The second-order valence-corrected chi connectivity index (χ2v) is 5.14. The molecular formula is C16H13ClF3NO3. The fourth-order valence-corrected chi connectivity index (χ4v) is 2.05. The lowest BCUT2D eigenvalue weighted by atomic mass is 10.2. The Balaban J connectivity index is 2.00. The Morgan fingerprint density at radius 1 is 1.21 bits per heavy atom. The molecule has 0 heterocycles. The first-order valence-corrected chi connectivity index (χ1v) is 7.11. The molecule has 1 amide bonds. The fraction of sp³-hybridized carbons (Fsp3) is 0.188. The molecule has 2 aromatic carbocycles. The van der Waals surface area contributed by atoms with E-state index in [1.165, 1.54) is 25.3 Å². The van der Waals surface area contributed by atoms with Crippen LogP contribution in [0.1, 0.15) is 5.56 Å². The number of carbonyl (C=O) groups is 1. The first-order chi connectivity index (χ1) is 11.3. The van der Waals surface area contributed by atoms with E-state index < -0.39 is 24.3 Å². The van der Waals surface area contributed by atoms with Crippen LogP contribution >= 0.6 is 11.6 Å². The number of rotatable bonds is 5. The lowest BCUT2D eigenvalue weighted by Crippen LogP contribution is -2.20. The maximum absolute atomic E-state index is 12.6. The number of hydrogen-bond donors (Lipinski definition) is 1. The number of carbonyl (C=O) groups excluding carboxylic acids is 1. The van der Waals surface area contributed by atoms with Crippen molar-refractivity contribution in [3.05, 3.63) is 53.1 Å². The summed E-state index contributed by atoms with van der Waals surface area (Å²) in [4.78, 5) is 11.9. The molecule has 2 aromatic rings. The van der Waals surface area contributed by atoms with Crippen LogP contribution in [-0.4, -0.2) is 19.6 Å². The van der Waals surface area contributed by atoms with E-state index in [1.807, 2.05) is 0 Å². The third kappa shape index (κ3) is 4.79. The number of anilines is 1. The maximum Gasteiger partial charge on any atom is 0.416 e. The number of halogens is 4. The minimum atomic E-state index is -4.48. The molecule has 24 heavy (non-hydrogen) atoms. The van der Waals surface area contributed by atoms with E-state index in [4.69, 9.17) is 21.1 Å². The van der Waals surface area contributed by atoms with E-state index in [2.05, 4.69) is 5.32 Å². The van der Waals surface area contributed by atoms with Crippen LogP contribution in [0.5, 0.6) is 11.5 Å². The Labute approximate surface area is 141 Å². The van der Waals surface area contributed by atoms with Crippen molar-refractivity contribution in [3.8, 4) is 11.5 Å². The molecule has 8 heteroatoms. The highest BCUT2D eigenvalue weighted by molar-refractivity contribution is 6.31. The first-order valence-electron chi connectivity index (χ1n) is 6.73. The summed E-state index contributed by atoms with van der Waals surface area (Å²) in [6.07, 6.45) is -4.48. The summed E-state index contributed by atoms with van der Waals surface area (Å²) in [6, 6.07) is 8.94. The highest BCUT2D eigenvalue weighted by Gasteiger charge is 2.30. The van der Waals surface area contributed by atoms with E-state index in [1.54, 1.807) is 12.1 Å². The molecule has 128 valence electrons. The second-order valence-electron chi connectivity index (χ2n) is 4.71. The van der Waals surface area contributed by atoms with Gasteiger partial charge in [-0.05, 0) is 36.4 Å². The number of methoxy groups -OCH3 is 1. The van der Waals surface area contributed by atoms with Crippen LogP contribution in [-0.2, 0) is 11.0 Å². The van der Waals surface area contributed by atoms with Crippen LogP contribution < -0.4 is 14.8 Å². The summed E-state index contributed by atoms with van der Waals surface area (Å²) in [5, 5.41) is 2.92. The van der Waals surface area contributed by atoms with Gasteiger partial charge in [-0.25, -0.2) is 0 Å². The van der Waals surface area contributed by atoms with Gasteiger partial charge in [-0.2, -0.15) is 13.2 Å². The number of ether oxygens (including phenoxy) is 2. The van der Waals surface area contributed by atoms with Crippen LogP contribution in [0.25, 0.3) is 0 Å². The quantitative estimate of drug-likeness (QED) is 0.861. The summed E-state index contributed by atoms with van der Waals surface area (Å²) in [5.74, 6) is -0.224. The van der Waals surface area contributed by atoms with Gasteiger partial charge in [-0.1, -0.05) is 17.7 Å². The Morgan fingerprint density at radius 3 is 2.62 bits per heavy atom. The number of benzene rings is 2. The Kier molecular flexibility index (Phi) is 5.56. The minimum absolute atomic E-state index is 0.0574. The third-order valence-corrected chi connectivity index (χ3v) is 3.20. The standard InChI is InChI=1S/C16H13ClF3NO3/c1-23-14-6-5-11(17)8-13(14)21-15(22)9-24-12-4-2-3-10(7-12)16(18,19)20/h2-8H,9H2,1H3,(H,21,22). The Hall–Kier alpha value is -2.41. The molecule has 0 aromatic heterocycles. The molecule has 0 bridgehead atoms. The molecule has 4 nitrogen and oxygen atoms in total. The van der Waals surface area contributed by atoms with E-state index in [-0.39, 0.29) is 5.75 Å². The van der Waals surface area contributed by atoms with Crippen molar-refractivity contribution >= 4 is 23.2 Å². The molecule has 0 unspecified atom stereocenters. The van der Waals surface area contributed by atoms with Crippen LogP contribution in [0.3, 0.4) is 0 Å². The first kappa shape index (κ1) is 17.9. The Bertz CT molecular complexity index is 735. The van der Waals surface area contributed by atoms with Gasteiger partial charge in [-0.3, -0.25) is 4.79 Å². The summed E-state index contributed by atoms with van der Waals surface area (Å²) < 4.78 is 48.0. The molecule has 2 rings (SSSR count). The molecule has 0 radical (unpaired) electrons. The number of nitrogens with one attached hydrogen (secondary N) is 1. The maximum atomic E-state index is 12.6. The SMILES string of the molecule is COc1ccc(Cl)cc1NC(=O)COc1cccc(C(F)(F)F)c1. The van der Waals surface area contributed by atoms with E-state index in [0.717, 1.165) is 12.1 Å². The fourth-order valence-electron chi connectivity index (χ4n) is 1.88. The van der Waals surface area contributed by atoms with Gasteiger partial charge in [-0.15, -0.1) is 0 Å². The van der Waals surface area contributed by atoms with Gasteiger partial charge in [0, 0.05) is 5.02 Å². The topological polar surface area (TPSA) is 47.6 Å². The number of alkyl halides is 3. The van der Waals surface area contributed by atoms with Crippen molar-refractivity contribution in [1.29, 1.82) is 0 Å². The van der Waals surface area contributed by atoms with Crippen LogP contribution in [0.15, 0.2) is 42.5 Å². The predicted octanol–water partition coefficient (Wildman–Crippen LogP) is 4.38. The van der Waals surface area contributed by atoms with Crippen molar-refractivity contribution in [2.45, 2.75) is 6.18 Å². The normalized spacial score (nSPS) is 11.0. The van der Waals surface area contributed by atoms with Crippen molar-refractivity contribution in [2.75, 3.05) is 19.0 Å². The third-order valence-electron chi connectivity index (χ3n) is 2.97. The van der Waals surface area contributed by atoms with E-state index in [9.17, 15) is 18.0 Å². The summed E-state index contributed by atoms with van der Waals surface area (Å²) in [7, 11) is 1.43. The number of amides is 1. The largest absolute Gasteiger partial charge is 0.495 e. The number of hydrogen-bond acceptors (Lipinski definition) is 3. The molecule has 0 spiro atoms. The lowest BCUT2D eigenvalue weighted by Gasteiger charge is -2.12. The van der Waals surface area contributed by atoms with Gasteiger partial charge < -0.3 is 14.8 Å². The van der Waals surface area contributed by atoms with Crippen molar-refractivity contribution in [1.82, 2.24) is 0 Å². The smallest absolute Gasteiger partial charge is 0.416 e. The van der Waals surface area contributed by atoms with Crippen molar-refractivity contribution in [2.24, 2.45) is 0 Å². The molecule has 1 N–H and O–H groups in total. The summed E-state index contributed by atoms with van der Waals surface area (Å²) >= 11 is 5.85. The molecular weight excluding hydrogens is 347 g/mol. The second kappa shape index (κ2) is 7.44. The van der Waals surface area contributed by atoms with Gasteiger partial charge in [0.2, 0.25) is 0 Å². The molecule has 0 atom stereocenters. The van der Waals surface area contributed by atoms with E-state index >= 15 is 0 Å². The van der Waals surface area contributed by atoms with Crippen LogP contribution in [0, 0.1) is 0 Å². The molecule has 0 saturated heterocycles. The monoisotopic (exact) mass is 359 g/mol. The van der Waals surface area contributed by atoms with Gasteiger partial charge in [0.05, 0.1) is 18.4 Å². The summed E-state index contributed by atoms with van der Waals surface area (Å²) in [6.45, 7) is -0.461. The molecule has 0 aliphatic carbocycles. The van der Waals surface area contributed by atoms with Crippen LogP contribution in [0.2, 0.25) is 5.02 Å². The van der Waals surface area contributed by atoms with Gasteiger partial charge in [0.15, 0.2) is 6.61 Å². The minimum Gasteiger partial charge on any atom is -0.495 e. The van der Waals surface area contributed by atoms with Gasteiger partial charge in [0.25, 0.3) is 5.91 Å². The van der Waals surface area contributed by atoms with Crippen LogP contribution in [0.4, 0.5) is 18.9 Å². The van der Waals surface area contributed by atoms with Gasteiger partial charge >= 0.3 is 6.18 Å². The molecule has 0 fully saturated rings. The van der Waals surface area contributed by atoms with E-state index in [0.29, 0.717) is 16.5 Å². The zero-order valence-corrected chi connectivity index (χ0v) is 13.2. The summed E-state index contributed by atoms with van der Waals surface area (Å²) in [5.41, 5.74) is -0.514. The zero-order chi connectivity index (χ0) is 17.7. The molecule has 0 saturated carbocycles. The zero-order valence-electron chi connectivity index (χ0n) is 12.5. The molecule has 0 aliphatic rings.